The molecular weight excluding hydrogens is 385 g/mol. The van der Waals surface area contributed by atoms with Gasteiger partial charge in [-0.3, -0.25) is 9.59 Å². The van der Waals surface area contributed by atoms with Gasteiger partial charge >= 0.3 is 0 Å². The normalized spacial score (nSPS) is 11.9. The van der Waals surface area contributed by atoms with Gasteiger partial charge in [0.2, 0.25) is 0 Å². The van der Waals surface area contributed by atoms with Gasteiger partial charge in [0, 0.05) is 40.8 Å². The molecule has 2 aromatic rings. The van der Waals surface area contributed by atoms with Gasteiger partial charge in [0.15, 0.2) is 0 Å². The van der Waals surface area contributed by atoms with E-state index in [-0.39, 0.29) is 17.9 Å². The molecule has 0 saturated heterocycles. The molecule has 1 atom stereocenters. The molecule has 2 amide bonds. The van der Waals surface area contributed by atoms with Crippen molar-refractivity contribution >= 4 is 35.0 Å². The van der Waals surface area contributed by atoms with E-state index in [2.05, 4.69) is 10.6 Å². The number of carbonyl (C=O) groups is 2. The minimum Gasteiger partial charge on any atom is -0.355 e. The summed E-state index contributed by atoms with van der Waals surface area (Å²) in [5.41, 5.74) is 1.95. The molecule has 0 aliphatic rings. The fraction of sp³-hybridized carbons (Fsp3) is 0.300. The molecule has 5 nitrogen and oxygen atoms in total. The van der Waals surface area contributed by atoms with Gasteiger partial charge in [0.1, 0.15) is 0 Å². The van der Waals surface area contributed by atoms with Gasteiger partial charge in [-0.15, -0.1) is 0 Å². The fourth-order valence-corrected chi connectivity index (χ4v) is 3.08. The van der Waals surface area contributed by atoms with Crippen LogP contribution in [0.5, 0.6) is 0 Å². The largest absolute Gasteiger partial charge is 0.355 e. The molecule has 0 radical (unpaired) electrons. The second-order valence-corrected chi connectivity index (χ2v) is 7.27. The predicted octanol–water partition coefficient (Wildman–Crippen LogP) is 3.26. The second kappa shape index (κ2) is 9.74. The van der Waals surface area contributed by atoms with Gasteiger partial charge in [-0.25, -0.2) is 0 Å². The van der Waals surface area contributed by atoms with Gasteiger partial charge in [-0.2, -0.15) is 0 Å². The number of amides is 2. The number of hydrogen-bond donors (Lipinski definition) is 2. The molecule has 0 aliphatic heterocycles. The number of likely N-dealkylation sites (N-methyl/N-ethyl adjacent to an activating group) is 1. The molecule has 7 heteroatoms. The van der Waals surface area contributed by atoms with E-state index in [0.29, 0.717) is 34.1 Å². The maximum absolute atomic E-state index is 12.3. The van der Waals surface area contributed by atoms with Gasteiger partial charge in [0.05, 0.1) is 0 Å². The first-order valence-electron chi connectivity index (χ1n) is 8.52. The molecular formula is C20H23Cl2N3O2. The quantitative estimate of drug-likeness (QED) is 0.740. The Morgan fingerprint density at radius 2 is 1.74 bits per heavy atom. The van der Waals surface area contributed by atoms with Crippen LogP contribution in [0.4, 0.5) is 0 Å². The average Bonchev–Trinajstić information content (AvgIpc) is 2.64. The lowest BCUT2D eigenvalue weighted by Crippen LogP contribution is -2.41. The summed E-state index contributed by atoms with van der Waals surface area (Å²) in [6.07, 6.45) is 0.635. The number of carbonyl (C=O) groups excluding carboxylic acids is 2. The fourth-order valence-electron chi connectivity index (χ4n) is 2.63. The van der Waals surface area contributed by atoms with Gasteiger partial charge in [0.25, 0.3) is 11.8 Å². The Labute approximate surface area is 169 Å². The Hall–Kier alpha value is -2.08. The lowest BCUT2D eigenvalue weighted by molar-refractivity contribution is 0.0938. The van der Waals surface area contributed by atoms with Crippen LogP contribution < -0.4 is 10.6 Å². The number of nitrogens with one attached hydrogen (secondary N) is 2. The smallest absolute Gasteiger partial charge is 0.251 e. The van der Waals surface area contributed by atoms with Crippen LogP contribution in [0.3, 0.4) is 0 Å². The summed E-state index contributed by atoms with van der Waals surface area (Å²) in [6.45, 7) is 0.450. The van der Waals surface area contributed by atoms with Crippen molar-refractivity contribution in [1.82, 2.24) is 15.5 Å². The lowest BCUT2D eigenvalue weighted by Gasteiger charge is -2.25. The zero-order valence-corrected chi connectivity index (χ0v) is 17.1. The topological polar surface area (TPSA) is 61.4 Å². The molecule has 0 aliphatic carbocycles. The van der Waals surface area contributed by atoms with E-state index < -0.39 is 0 Å². The van der Waals surface area contributed by atoms with Crippen LogP contribution in [0.15, 0.2) is 42.5 Å². The first kappa shape index (κ1) is 21.2. The Balaban J connectivity index is 2.05. The van der Waals surface area contributed by atoms with Gasteiger partial charge in [-0.05, 0) is 56.4 Å². The first-order valence-corrected chi connectivity index (χ1v) is 9.28. The van der Waals surface area contributed by atoms with E-state index >= 15 is 0 Å². The minimum absolute atomic E-state index is 0.0384. The molecule has 144 valence electrons. The SMILES string of the molecule is CNC(=O)c1ccc(CC(CNC(=O)c2cccc(Cl)c2)N(C)C)c(Cl)c1. The summed E-state index contributed by atoms with van der Waals surface area (Å²) < 4.78 is 0. The number of benzene rings is 2. The Bertz CT molecular complexity index is 825. The summed E-state index contributed by atoms with van der Waals surface area (Å²) >= 11 is 12.3. The molecule has 0 spiro atoms. The molecule has 27 heavy (non-hydrogen) atoms. The molecule has 0 heterocycles. The molecule has 1 unspecified atom stereocenters. The minimum atomic E-state index is -0.179. The molecule has 0 saturated carbocycles. The maximum Gasteiger partial charge on any atom is 0.251 e. The van der Waals surface area contributed by atoms with Crippen LogP contribution in [-0.4, -0.2) is 50.4 Å². The number of halogens is 2. The van der Waals surface area contributed by atoms with Crippen LogP contribution >= 0.6 is 23.2 Å². The Kier molecular flexibility index (Phi) is 7.66. The third kappa shape index (κ3) is 5.96. The molecule has 0 aromatic heterocycles. The van der Waals surface area contributed by atoms with E-state index in [9.17, 15) is 9.59 Å². The lowest BCUT2D eigenvalue weighted by atomic mass is 10.0. The maximum atomic E-state index is 12.3. The molecule has 2 rings (SSSR count). The monoisotopic (exact) mass is 407 g/mol. The van der Waals surface area contributed by atoms with Crippen molar-refractivity contribution in [3.63, 3.8) is 0 Å². The predicted molar refractivity (Wildman–Crippen MR) is 110 cm³/mol. The second-order valence-electron chi connectivity index (χ2n) is 6.43. The van der Waals surface area contributed by atoms with Crippen molar-refractivity contribution in [1.29, 1.82) is 0 Å². The highest BCUT2D eigenvalue weighted by atomic mass is 35.5. The molecule has 2 aromatic carbocycles. The highest BCUT2D eigenvalue weighted by molar-refractivity contribution is 6.31. The number of nitrogens with zero attached hydrogens (tertiary/aromatic N) is 1. The summed E-state index contributed by atoms with van der Waals surface area (Å²) in [7, 11) is 5.47. The van der Waals surface area contributed by atoms with E-state index in [1.54, 1.807) is 43.4 Å². The molecule has 0 bridgehead atoms. The molecule has 0 fully saturated rings. The van der Waals surface area contributed by atoms with E-state index in [1.807, 2.05) is 25.1 Å². The highest BCUT2D eigenvalue weighted by Gasteiger charge is 2.17. The average molecular weight is 408 g/mol. The van der Waals surface area contributed by atoms with Crippen molar-refractivity contribution in [2.75, 3.05) is 27.7 Å². The molecule has 2 N–H and O–H groups in total. The third-order valence-corrected chi connectivity index (χ3v) is 4.90. The van der Waals surface area contributed by atoms with Crippen LogP contribution in [0, 0.1) is 0 Å². The van der Waals surface area contributed by atoms with Crippen molar-refractivity contribution < 1.29 is 9.59 Å². The standard InChI is InChI=1S/C20H23Cl2N3O2/c1-23-19(26)15-8-7-13(18(22)11-15)10-17(25(2)3)12-24-20(27)14-5-4-6-16(21)9-14/h4-9,11,17H,10,12H2,1-3H3,(H,23,26)(H,24,27). The summed E-state index contributed by atoms with van der Waals surface area (Å²) in [5, 5.41) is 6.57. The Morgan fingerprint density at radius 3 is 2.33 bits per heavy atom. The van der Waals surface area contributed by atoms with E-state index in [4.69, 9.17) is 23.2 Å². The van der Waals surface area contributed by atoms with Gasteiger partial charge < -0.3 is 15.5 Å². The van der Waals surface area contributed by atoms with Crippen LogP contribution in [0.2, 0.25) is 10.0 Å². The van der Waals surface area contributed by atoms with E-state index in [0.717, 1.165) is 5.56 Å². The van der Waals surface area contributed by atoms with Gasteiger partial charge in [-0.1, -0.05) is 35.3 Å². The van der Waals surface area contributed by atoms with E-state index in [1.165, 1.54) is 0 Å². The summed E-state index contributed by atoms with van der Waals surface area (Å²) in [4.78, 5) is 26.1. The summed E-state index contributed by atoms with van der Waals surface area (Å²) in [6, 6.07) is 12.1. The number of hydrogen-bond acceptors (Lipinski definition) is 3. The van der Waals surface area contributed by atoms with Crippen molar-refractivity contribution in [2.24, 2.45) is 0 Å². The van der Waals surface area contributed by atoms with Crippen LogP contribution in [0.1, 0.15) is 26.3 Å². The van der Waals surface area contributed by atoms with Crippen LogP contribution in [-0.2, 0) is 6.42 Å². The zero-order valence-electron chi connectivity index (χ0n) is 15.6. The first-order chi connectivity index (χ1) is 12.8. The highest BCUT2D eigenvalue weighted by Crippen LogP contribution is 2.20. The zero-order chi connectivity index (χ0) is 20.0. The van der Waals surface area contributed by atoms with Crippen molar-refractivity contribution in [2.45, 2.75) is 12.5 Å². The van der Waals surface area contributed by atoms with Crippen molar-refractivity contribution in [3.05, 3.63) is 69.2 Å². The van der Waals surface area contributed by atoms with Crippen LogP contribution in [0.25, 0.3) is 0 Å². The summed E-state index contributed by atoms with van der Waals surface area (Å²) in [5.74, 6) is -0.355. The number of rotatable bonds is 7. The van der Waals surface area contributed by atoms with Crippen molar-refractivity contribution in [3.8, 4) is 0 Å². The third-order valence-electron chi connectivity index (χ3n) is 4.31. The Morgan fingerprint density at radius 1 is 1.04 bits per heavy atom.